The summed E-state index contributed by atoms with van der Waals surface area (Å²) in [4.78, 5) is 39.6. The van der Waals surface area contributed by atoms with Crippen LogP contribution in [-0.4, -0.2) is 26.9 Å². The van der Waals surface area contributed by atoms with E-state index in [2.05, 4.69) is 14.0 Å². The van der Waals surface area contributed by atoms with Gasteiger partial charge in [0.2, 0.25) is 23.3 Å². The maximum absolute atomic E-state index is 14.3. The van der Waals surface area contributed by atoms with E-state index in [0.717, 1.165) is 25.1 Å². The first-order valence-electron chi connectivity index (χ1n) is 7.15. The monoisotopic (exact) mass is 381 g/mol. The summed E-state index contributed by atoms with van der Waals surface area (Å²) < 4.78 is 37.6. The molecule has 0 saturated carbocycles. The fourth-order valence-electron chi connectivity index (χ4n) is 2.18. The number of halogens is 2. The van der Waals surface area contributed by atoms with Crippen LogP contribution >= 0.6 is 0 Å². The first-order valence-corrected chi connectivity index (χ1v) is 7.15. The standard InChI is InChI=1S/C16H9F2NO8/c1-6(20)25-14-9(17)5-7-4-8(15(23)26-13(7)12(14)18)16(24)27-19-10(21)2-3-11(19)22/h2-5,21-22H,1H3. The number of aromatic nitrogens is 1. The third kappa shape index (κ3) is 3.17. The second-order valence-corrected chi connectivity index (χ2v) is 5.18. The quantitative estimate of drug-likeness (QED) is 0.397. The number of fused-ring (bicyclic) bond motifs is 1. The number of carbonyl (C=O) groups is 2. The molecular weight excluding hydrogens is 372 g/mol. The van der Waals surface area contributed by atoms with Gasteiger partial charge in [-0.2, -0.15) is 4.39 Å². The molecule has 0 aliphatic heterocycles. The van der Waals surface area contributed by atoms with Gasteiger partial charge >= 0.3 is 17.6 Å². The molecule has 0 aliphatic rings. The Bertz CT molecular complexity index is 1130. The number of rotatable bonds is 3. The molecule has 140 valence electrons. The van der Waals surface area contributed by atoms with Crippen LogP contribution in [-0.2, 0) is 4.79 Å². The van der Waals surface area contributed by atoms with Crippen molar-refractivity contribution >= 4 is 22.9 Å². The van der Waals surface area contributed by atoms with E-state index in [4.69, 9.17) is 0 Å². The van der Waals surface area contributed by atoms with Crippen molar-refractivity contribution in [3.8, 4) is 17.5 Å². The summed E-state index contributed by atoms with van der Waals surface area (Å²) >= 11 is 0. The lowest BCUT2D eigenvalue weighted by Crippen LogP contribution is -2.24. The Morgan fingerprint density at radius 3 is 2.37 bits per heavy atom. The van der Waals surface area contributed by atoms with Crippen molar-refractivity contribution < 1.29 is 42.6 Å². The van der Waals surface area contributed by atoms with E-state index in [1.807, 2.05) is 0 Å². The molecule has 0 fully saturated rings. The number of ether oxygens (including phenoxy) is 1. The average Bonchev–Trinajstić information content (AvgIpc) is 2.90. The zero-order valence-corrected chi connectivity index (χ0v) is 13.4. The number of hydrogen-bond donors (Lipinski definition) is 2. The Labute approximate surface area is 147 Å². The predicted molar refractivity (Wildman–Crippen MR) is 82.4 cm³/mol. The lowest BCUT2D eigenvalue weighted by molar-refractivity contribution is -0.132. The number of aromatic hydroxyl groups is 2. The molecule has 2 N–H and O–H groups in total. The lowest BCUT2D eigenvalue weighted by Gasteiger charge is -2.08. The van der Waals surface area contributed by atoms with E-state index in [9.17, 15) is 33.4 Å². The van der Waals surface area contributed by atoms with Crippen molar-refractivity contribution in [2.75, 3.05) is 0 Å². The van der Waals surface area contributed by atoms with Gasteiger partial charge in [0, 0.05) is 24.4 Å². The van der Waals surface area contributed by atoms with Gasteiger partial charge in [-0.05, 0) is 12.1 Å². The molecule has 0 unspecified atom stereocenters. The van der Waals surface area contributed by atoms with Crippen molar-refractivity contribution in [1.29, 1.82) is 0 Å². The molecule has 2 aromatic heterocycles. The summed E-state index contributed by atoms with van der Waals surface area (Å²) in [6.45, 7) is 0.921. The summed E-state index contributed by atoms with van der Waals surface area (Å²) in [6, 6.07) is 3.48. The minimum Gasteiger partial charge on any atom is -0.492 e. The van der Waals surface area contributed by atoms with Gasteiger partial charge in [0.05, 0.1) is 0 Å². The van der Waals surface area contributed by atoms with E-state index in [-0.39, 0.29) is 5.39 Å². The maximum atomic E-state index is 14.3. The maximum Gasteiger partial charge on any atom is 0.371 e. The highest BCUT2D eigenvalue weighted by Gasteiger charge is 2.24. The fourth-order valence-corrected chi connectivity index (χ4v) is 2.18. The van der Waals surface area contributed by atoms with Gasteiger partial charge in [0.1, 0.15) is 5.56 Å². The number of benzene rings is 1. The fraction of sp³-hybridized carbons (Fsp3) is 0.0625. The molecule has 0 bridgehead atoms. The first kappa shape index (κ1) is 17.9. The second-order valence-electron chi connectivity index (χ2n) is 5.18. The highest BCUT2D eigenvalue weighted by atomic mass is 19.1. The normalized spacial score (nSPS) is 10.8. The van der Waals surface area contributed by atoms with Gasteiger partial charge in [-0.3, -0.25) is 4.79 Å². The van der Waals surface area contributed by atoms with Crippen LogP contribution < -0.4 is 15.2 Å². The molecule has 3 aromatic rings. The summed E-state index contributed by atoms with van der Waals surface area (Å²) in [6.07, 6.45) is 0. The van der Waals surface area contributed by atoms with E-state index in [1.54, 1.807) is 0 Å². The van der Waals surface area contributed by atoms with Crippen molar-refractivity contribution in [3.63, 3.8) is 0 Å². The molecule has 9 nitrogen and oxygen atoms in total. The molecule has 3 rings (SSSR count). The molecule has 1 aromatic carbocycles. The van der Waals surface area contributed by atoms with Crippen LogP contribution in [0.4, 0.5) is 8.78 Å². The largest absolute Gasteiger partial charge is 0.492 e. The minimum absolute atomic E-state index is 0.316. The van der Waals surface area contributed by atoms with Crippen molar-refractivity contribution in [3.05, 3.63) is 51.9 Å². The first-order chi connectivity index (χ1) is 12.7. The molecule has 0 spiro atoms. The molecule has 0 radical (unpaired) electrons. The summed E-state index contributed by atoms with van der Waals surface area (Å²) in [5.41, 5.74) is -2.87. The smallest absolute Gasteiger partial charge is 0.371 e. The van der Waals surface area contributed by atoms with Crippen LogP contribution in [0.2, 0.25) is 0 Å². The topological polar surface area (TPSA) is 128 Å². The lowest BCUT2D eigenvalue weighted by atomic mass is 10.1. The van der Waals surface area contributed by atoms with E-state index in [1.165, 1.54) is 0 Å². The third-order valence-electron chi connectivity index (χ3n) is 3.31. The average molecular weight is 381 g/mol. The van der Waals surface area contributed by atoms with Crippen LogP contribution in [0, 0.1) is 11.6 Å². The van der Waals surface area contributed by atoms with Gasteiger partial charge in [0.25, 0.3) is 0 Å². The van der Waals surface area contributed by atoms with Crippen molar-refractivity contribution in [2.45, 2.75) is 6.92 Å². The highest BCUT2D eigenvalue weighted by molar-refractivity contribution is 5.93. The molecule has 0 atom stereocenters. The van der Waals surface area contributed by atoms with Crippen LogP contribution in [0.25, 0.3) is 11.0 Å². The zero-order valence-electron chi connectivity index (χ0n) is 13.4. The Balaban J connectivity index is 2.08. The van der Waals surface area contributed by atoms with Crippen LogP contribution in [0.15, 0.2) is 33.5 Å². The molecular formula is C16H9F2NO8. The van der Waals surface area contributed by atoms with E-state index in [0.29, 0.717) is 10.8 Å². The number of carbonyl (C=O) groups excluding carboxylic acids is 2. The molecule has 0 amide bonds. The predicted octanol–water partition coefficient (Wildman–Crippen LogP) is 1.48. The Kier molecular flexibility index (Phi) is 4.27. The molecule has 11 heteroatoms. The molecule has 27 heavy (non-hydrogen) atoms. The Morgan fingerprint density at radius 1 is 1.15 bits per heavy atom. The zero-order chi connectivity index (χ0) is 19.9. The number of nitrogens with zero attached hydrogens (tertiary/aromatic N) is 1. The van der Waals surface area contributed by atoms with Crippen LogP contribution in [0.5, 0.6) is 17.5 Å². The van der Waals surface area contributed by atoms with Crippen molar-refractivity contribution in [1.82, 2.24) is 4.73 Å². The van der Waals surface area contributed by atoms with Gasteiger partial charge in [-0.25, -0.2) is 14.0 Å². The number of hydrogen-bond acceptors (Lipinski definition) is 8. The van der Waals surface area contributed by atoms with Crippen LogP contribution in [0.3, 0.4) is 0 Å². The Hall–Kier alpha value is -3.89. The molecule has 0 aliphatic carbocycles. The van der Waals surface area contributed by atoms with Gasteiger partial charge in [-0.1, -0.05) is 0 Å². The van der Waals surface area contributed by atoms with Gasteiger partial charge in [-0.15, -0.1) is 4.73 Å². The highest BCUT2D eigenvalue weighted by Crippen LogP contribution is 2.30. The van der Waals surface area contributed by atoms with Gasteiger partial charge < -0.3 is 24.2 Å². The number of esters is 1. The minimum atomic E-state index is -1.45. The van der Waals surface area contributed by atoms with E-state index >= 15 is 0 Å². The summed E-state index contributed by atoms with van der Waals surface area (Å²) in [7, 11) is 0. The summed E-state index contributed by atoms with van der Waals surface area (Å²) in [5.74, 6) is -7.45. The van der Waals surface area contributed by atoms with Crippen molar-refractivity contribution in [2.24, 2.45) is 0 Å². The van der Waals surface area contributed by atoms with Gasteiger partial charge in [0.15, 0.2) is 11.4 Å². The second kappa shape index (κ2) is 6.44. The molecule has 2 heterocycles. The third-order valence-corrected chi connectivity index (χ3v) is 3.31. The SMILES string of the molecule is CC(=O)Oc1c(F)cc2cc(C(=O)On3c(O)ccc3O)c(=O)oc2c1F. The Morgan fingerprint density at radius 2 is 1.78 bits per heavy atom. The summed E-state index contributed by atoms with van der Waals surface area (Å²) in [5, 5.41) is 18.5. The van der Waals surface area contributed by atoms with Crippen LogP contribution in [0.1, 0.15) is 17.3 Å². The molecule has 0 saturated heterocycles. The van der Waals surface area contributed by atoms with E-state index < -0.39 is 57.9 Å².